The fraction of sp³-hybridized carbons (Fsp3) is 0.154. The number of hydrogen-bond donors (Lipinski definition) is 2. The van der Waals surface area contributed by atoms with Gasteiger partial charge in [0.15, 0.2) is 0 Å². The molecule has 0 radical (unpaired) electrons. The van der Waals surface area contributed by atoms with Crippen molar-refractivity contribution >= 4 is 22.0 Å². The maximum atomic E-state index is 10.0. The zero-order valence-corrected chi connectivity index (χ0v) is 17.5. The van der Waals surface area contributed by atoms with E-state index in [-0.39, 0.29) is 6.61 Å². The summed E-state index contributed by atoms with van der Waals surface area (Å²) in [6.45, 7) is 0.995. The van der Waals surface area contributed by atoms with Crippen molar-refractivity contribution in [1.82, 2.24) is 15.3 Å². The van der Waals surface area contributed by atoms with E-state index in [1.807, 2.05) is 67.7 Å². The summed E-state index contributed by atoms with van der Waals surface area (Å²) >= 11 is 0. The first-order chi connectivity index (χ1) is 15.3. The topological polar surface area (TPSA) is 67.3 Å². The summed E-state index contributed by atoms with van der Waals surface area (Å²) < 4.78 is 5.96. The van der Waals surface area contributed by atoms with Gasteiger partial charge in [0.25, 0.3) is 0 Å². The second kappa shape index (κ2) is 9.98. The first kappa shape index (κ1) is 20.7. The van der Waals surface area contributed by atoms with E-state index >= 15 is 0 Å². The molecule has 156 valence electrons. The lowest BCUT2D eigenvalue weighted by Gasteiger charge is -2.15. The molecule has 0 saturated carbocycles. The van der Waals surface area contributed by atoms with Crippen LogP contribution in [0.15, 0.2) is 85.2 Å². The maximum absolute atomic E-state index is 10.0. The third kappa shape index (κ3) is 4.97. The molecule has 0 amide bonds. The second-order valence-electron chi connectivity index (χ2n) is 7.19. The number of nitrogens with zero attached hydrogens (tertiary/aromatic N) is 2. The Labute approximate surface area is 182 Å². The first-order valence-electron chi connectivity index (χ1n) is 10.2. The smallest absolute Gasteiger partial charge is 0.130 e. The SMILES string of the molecule is CNC/C(=C(\CO)c1ccncc1)c1ccc(OCc2ccc3ccccc3n2)cc1. The normalized spacial score (nSPS) is 11.9. The number of ether oxygens (including phenoxy) is 1. The molecule has 5 nitrogen and oxygen atoms in total. The van der Waals surface area contributed by atoms with Crippen LogP contribution in [-0.4, -0.2) is 35.3 Å². The van der Waals surface area contributed by atoms with Gasteiger partial charge in [0.2, 0.25) is 0 Å². The van der Waals surface area contributed by atoms with Crippen LogP contribution >= 0.6 is 0 Å². The lowest BCUT2D eigenvalue weighted by molar-refractivity contribution is 0.302. The lowest BCUT2D eigenvalue weighted by Crippen LogP contribution is -2.12. The van der Waals surface area contributed by atoms with E-state index in [2.05, 4.69) is 27.4 Å². The number of aliphatic hydroxyl groups excluding tert-OH is 1. The van der Waals surface area contributed by atoms with Crippen LogP contribution in [0.25, 0.3) is 22.0 Å². The molecule has 4 aromatic rings. The molecule has 0 atom stereocenters. The molecule has 2 heterocycles. The molecule has 5 heteroatoms. The molecular formula is C26H25N3O2. The number of rotatable bonds is 8. The van der Waals surface area contributed by atoms with Gasteiger partial charge in [-0.1, -0.05) is 36.4 Å². The van der Waals surface area contributed by atoms with Gasteiger partial charge in [-0.3, -0.25) is 4.98 Å². The van der Waals surface area contributed by atoms with Crippen molar-refractivity contribution in [2.24, 2.45) is 0 Å². The highest BCUT2D eigenvalue weighted by molar-refractivity contribution is 5.92. The minimum atomic E-state index is -0.0487. The molecule has 4 rings (SSSR count). The lowest BCUT2D eigenvalue weighted by atomic mass is 9.95. The Morgan fingerprint density at radius 2 is 1.61 bits per heavy atom. The van der Waals surface area contributed by atoms with Gasteiger partial charge < -0.3 is 15.2 Å². The van der Waals surface area contributed by atoms with E-state index in [0.29, 0.717) is 13.2 Å². The quantitative estimate of drug-likeness (QED) is 0.452. The third-order valence-electron chi connectivity index (χ3n) is 5.15. The molecule has 2 N–H and O–H groups in total. The van der Waals surface area contributed by atoms with Crippen molar-refractivity contribution in [1.29, 1.82) is 0 Å². The van der Waals surface area contributed by atoms with E-state index in [1.165, 1.54) is 0 Å². The van der Waals surface area contributed by atoms with Crippen LogP contribution in [0.1, 0.15) is 16.8 Å². The molecule has 0 aliphatic rings. The number of aromatic nitrogens is 2. The predicted molar refractivity (Wildman–Crippen MR) is 125 cm³/mol. The Balaban J connectivity index is 1.53. The standard InChI is InChI=1S/C26H25N3O2/c1-27-16-24(25(17-30)20-12-14-28-15-13-20)19-7-10-23(11-8-19)31-18-22-9-6-21-4-2-3-5-26(21)29-22/h2-15,27,30H,16-18H2,1H3/b25-24-. The number of para-hydroxylation sites is 1. The number of pyridine rings is 2. The van der Waals surface area contributed by atoms with Gasteiger partial charge in [0.05, 0.1) is 17.8 Å². The maximum Gasteiger partial charge on any atom is 0.130 e. The monoisotopic (exact) mass is 411 g/mol. The average Bonchev–Trinajstić information content (AvgIpc) is 2.83. The fourth-order valence-corrected chi connectivity index (χ4v) is 3.57. The molecular weight excluding hydrogens is 386 g/mol. The van der Waals surface area contributed by atoms with Crippen LogP contribution < -0.4 is 10.1 Å². The molecule has 0 aliphatic carbocycles. The Kier molecular flexibility index (Phi) is 6.67. The van der Waals surface area contributed by atoms with Crippen LogP contribution in [-0.2, 0) is 6.61 Å². The highest BCUT2D eigenvalue weighted by atomic mass is 16.5. The van der Waals surface area contributed by atoms with Gasteiger partial charge in [-0.05, 0) is 65.7 Å². The Morgan fingerprint density at radius 3 is 2.35 bits per heavy atom. The number of likely N-dealkylation sites (N-methyl/N-ethyl adjacent to an activating group) is 1. The Bertz CT molecular complexity index is 1170. The van der Waals surface area contributed by atoms with Gasteiger partial charge in [-0.25, -0.2) is 4.98 Å². The summed E-state index contributed by atoms with van der Waals surface area (Å²) in [5, 5.41) is 14.4. The van der Waals surface area contributed by atoms with Gasteiger partial charge >= 0.3 is 0 Å². The fourth-order valence-electron chi connectivity index (χ4n) is 3.57. The van der Waals surface area contributed by atoms with E-state index in [0.717, 1.165) is 44.6 Å². The highest BCUT2D eigenvalue weighted by Gasteiger charge is 2.11. The average molecular weight is 412 g/mol. The number of benzene rings is 2. The summed E-state index contributed by atoms with van der Waals surface area (Å²) in [7, 11) is 1.90. The molecule has 0 saturated heterocycles. The van der Waals surface area contributed by atoms with E-state index < -0.39 is 0 Å². The van der Waals surface area contributed by atoms with Gasteiger partial charge in [-0.2, -0.15) is 0 Å². The van der Waals surface area contributed by atoms with Gasteiger partial charge in [0, 0.05) is 24.3 Å². The molecule has 0 bridgehead atoms. The van der Waals surface area contributed by atoms with E-state index in [1.54, 1.807) is 12.4 Å². The minimum Gasteiger partial charge on any atom is -0.487 e. The van der Waals surface area contributed by atoms with Crippen molar-refractivity contribution in [3.05, 3.63) is 102 Å². The molecule has 2 aromatic heterocycles. The molecule has 31 heavy (non-hydrogen) atoms. The predicted octanol–water partition coefficient (Wildman–Crippen LogP) is 4.33. The van der Waals surface area contributed by atoms with Crippen LogP contribution in [0.4, 0.5) is 0 Å². The summed E-state index contributed by atoms with van der Waals surface area (Å²) in [5.74, 6) is 0.775. The number of hydrogen-bond acceptors (Lipinski definition) is 5. The molecule has 0 unspecified atom stereocenters. The third-order valence-corrected chi connectivity index (χ3v) is 5.15. The summed E-state index contributed by atoms with van der Waals surface area (Å²) in [5.41, 5.74) is 5.77. The van der Waals surface area contributed by atoms with Crippen molar-refractivity contribution in [2.75, 3.05) is 20.2 Å². The molecule has 2 aromatic carbocycles. The van der Waals surface area contributed by atoms with Crippen molar-refractivity contribution in [3.8, 4) is 5.75 Å². The largest absolute Gasteiger partial charge is 0.487 e. The molecule has 0 aliphatic heterocycles. The van der Waals surface area contributed by atoms with Gasteiger partial charge in [0.1, 0.15) is 12.4 Å². The van der Waals surface area contributed by atoms with Crippen molar-refractivity contribution < 1.29 is 9.84 Å². The van der Waals surface area contributed by atoms with Crippen LogP contribution in [0, 0.1) is 0 Å². The zero-order valence-electron chi connectivity index (χ0n) is 17.5. The van der Waals surface area contributed by atoms with Crippen molar-refractivity contribution in [2.45, 2.75) is 6.61 Å². The summed E-state index contributed by atoms with van der Waals surface area (Å²) in [6.07, 6.45) is 3.47. The van der Waals surface area contributed by atoms with Crippen LogP contribution in [0.3, 0.4) is 0 Å². The summed E-state index contributed by atoms with van der Waals surface area (Å²) in [4.78, 5) is 8.73. The van der Waals surface area contributed by atoms with E-state index in [4.69, 9.17) is 4.74 Å². The van der Waals surface area contributed by atoms with Crippen LogP contribution in [0.5, 0.6) is 5.75 Å². The Hall–Kier alpha value is -3.54. The molecule has 0 fully saturated rings. The minimum absolute atomic E-state index is 0.0487. The van der Waals surface area contributed by atoms with Crippen molar-refractivity contribution in [3.63, 3.8) is 0 Å². The van der Waals surface area contributed by atoms with E-state index in [9.17, 15) is 5.11 Å². The Morgan fingerprint density at radius 1 is 0.871 bits per heavy atom. The number of fused-ring (bicyclic) bond motifs is 1. The first-order valence-corrected chi connectivity index (χ1v) is 10.2. The number of aliphatic hydroxyl groups is 1. The highest BCUT2D eigenvalue weighted by Crippen LogP contribution is 2.27. The summed E-state index contributed by atoms with van der Waals surface area (Å²) in [6, 6.07) is 23.9. The van der Waals surface area contributed by atoms with Gasteiger partial charge in [-0.15, -0.1) is 0 Å². The zero-order chi connectivity index (χ0) is 21.5. The second-order valence-corrected chi connectivity index (χ2v) is 7.19. The van der Waals surface area contributed by atoms with Crippen LogP contribution in [0.2, 0.25) is 0 Å². The molecule has 0 spiro atoms. The number of nitrogens with one attached hydrogen (secondary N) is 1.